The van der Waals surface area contributed by atoms with Gasteiger partial charge in [0, 0.05) is 13.0 Å². The Morgan fingerprint density at radius 2 is 1.72 bits per heavy atom. The standard InChI is InChI=1S/C24H36N2O6/c1-16(14-24(2,3)4)21(30)20(29)13-18(15-28)22(31)26-19(23(32)25-10-11-27)12-17-8-6-5-7-9-17/h5-9,14-15,18-21,27,29-30H,10-13H2,1-4H3,(H,25,32)(H,26,31)/b16-14+/t18-,19-,20+,21+/m0/s1. The Morgan fingerprint density at radius 3 is 2.25 bits per heavy atom. The Kier molecular flexibility index (Phi) is 11.3. The second-order valence-electron chi connectivity index (χ2n) is 9.01. The zero-order valence-corrected chi connectivity index (χ0v) is 19.2. The molecule has 0 bridgehead atoms. The Labute approximate surface area is 189 Å². The number of benzene rings is 1. The van der Waals surface area contributed by atoms with Crippen LogP contribution in [0.3, 0.4) is 0 Å². The fourth-order valence-corrected chi connectivity index (χ4v) is 3.33. The molecule has 0 saturated heterocycles. The lowest BCUT2D eigenvalue weighted by Gasteiger charge is -2.25. The number of aliphatic hydroxyl groups is 3. The minimum Gasteiger partial charge on any atom is -0.395 e. The topological polar surface area (TPSA) is 136 Å². The molecule has 8 heteroatoms. The van der Waals surface area contributed by atoms with Gasteiger partial charge in [-0.15, -0.1) is 0 Å². The molecule has 1 rings (SSSR count). The van der Waals surface area contributed by atoms with Crippen molar-refractivity contribution >= 4 is 18.1 Å². The number of rotatable bonds is 12. The number of aliphatic hydroxyl groups excluding tert-OH is 3. The molecule has 178 valence electrons. The summed E-state index contributed by atoms with van der Waals surface area (Å²) in [7, 11) is 0. The lowest BCUT2D eigenvalue weighted by molar-refractivity contribution is -0.134. The highest BCUT2D eigenvalue weighted by atomic mass is 16.3. The minimum absolute atomic E-state index is 0.0292. The first kappa shape index (κ1) is 27.5. The van der Waals surface area contributed by atoms with Crippen LogP contribution >= 0.6 is 0 Å². The highest BCUT2D eigenvalue weighted by Gasteiger charge is 2.30. The third kappa shape index (κ3) is 9.72. The van der Waals surface area contributed by atoms with Crippen LogP contribution in [-0.2, 0) is 20.8 Å². The molecular formula is C24H36N2O6. The lowest BCUT2D eigenvalue weighted by atomic mass is 9.89. The molecule has 0 aliphatic heterocycles. The number of carbonyl (C=O) groups is 3. The smallest absolute Gasteiger partial charge is 0.243 e. The first-order valence-electron chi connectivity index (χ1n) is 10.7. The molecule has 1 aromatic carbocycles. The second kappa shape index (κ2) is 13.1. The second-order valence-corrected chi connectivity index (χ2v) is 9.01. The van der Waals surface area contributed by atoms with E-state index in [0.29, 0.717) is 11.9 Å². The highest BCUT2D eigenvalue weighted by molar-refractivity contribution is 5.95. The number of amides is 2. The summed E-state index contributed by atoms with van der Waals surface area (Å²) in [5.74, 6) is -2.46. The molecule has 0 radical (unpaired) electrons. The number of hydrogen-bond acceptors (Lipinski definition) is 6. The Balaban J connectivity index is 2.89. The van der Waals surface area contributed by atoms with Gasteiger partial charge < -0.3 is 30.7 Å². The molecule has 5 N–H and O–H groups in total. The monoisotopic (exact) mass is 448 g/mol. The summed E-state index contributed by atoms with van der Waals surface area (Å²) >= 11 is 0. The maximum absolute atomic E-state index is 12.7. The molecule has 1 aromatic rings. The fraction of sp³-hybridized carbons (Fsp3) is 0.542. The van der Waals surface area contributed by atoms with Crippen LogP contribution in [0.5, 0.6) is 0 Å². The van der Waals surface area contributed by atoms with Crippen molar-refractivity contribution in [3.8, 4) is 0 Å². The normalized spacial score (nSPS) is 15.9. The van der Waals surface area contributed by atoms with Gasteiger partial charge in [0.1, 0.15) is 18.4 Å². The van der Waals surface area contributed by atoms with E-state index in [1.807, 2.05) is 32.9 Å². The van der Waals surface area contributed by atoms with Gasteiger partial charge in [-0.25, -0.2) is 0 Å². The van der Waals surface area contributed by atoms with Crippen LogP contribution in [0.1, 0.15) is 39.7 Å². The quantitative estimate of drug-likeness (QED) is 0.182. The fourth-order valence-electron chi connectivity index (χ4n) is 3.33. The van der Waals surface area contributed by atoms with Gasteiger partial charge in [-0.1, -0.05) is 57.2 Å². The van der Waals surface area contributed by atoms with E-state index in [0.717, 1.165) is 5.56 Å². The molecule has 0 saturated carbocycles. The van der Waals surface area contributed by atoms with Crippen molar-refractivity contribution in [2.75, 3.05) is 13.2 Å². The SMILES string of the molecule is C/C(=C\C(C)(C)C)[C@@H](O)[C@H](O)C[C@@H](C=O)C(=O)N[C@@H](Cc1ccccc1)C(=O)NCCO. The lowest BCUT2D eigenvalue weighted by Crippen LogP contribution is -2.50. The van der Waals surface area contributed by atoms with Crippen molar-refractivity contribution in [2.45, 2.75) is 58.8 Å². The number of nitrogens with one attached hydrogen (secondary N) is 2. The Hall–Kier alpha value is -2.55. The molecule has 0 aliphatic rings. The summed E-state index contributed by atoms with van der Waals surface area (Å²) < 4.78 is 0. The van der Waals surface area contributed by atoms with Crippen molar-refractivity contribution in [2.24, 2.45) is 11.3 Å². The molecule has 32 heavy (non-hydrogen) atoms. The molecule has 0 fully saturated rings. The molecule has 8 nitrogen and oxygen atoms in total. The third-order valence-corrected chi connectivity index (χ3v) is 4.81. The van der Waals surface area contributed by atoms with Crippen LogP contribution in [0.15, 0.2) is 42.0 Å². The van der Waals surface area contributed by atoms with Crippen LogP contribution in [0, 0.1) is 11.3 Å². The number of aldehydes is 1. The number of allylic oxidation sites excluding steroid dienone is 1. The Bertz CT molecular complexity index is 772. The average Bonchev–Trinajstić information content (AvgIpc) is 2.73. The summed E-state index contributed by atoms with van der Waals surface area (Å²) in [6, 6.07) is 8.08. The summed E-state index contributed by atoms with van der Waals surface area (Å²) in [6.45, 7) is 7.31. The molecule has 0 unspecified atom stereocenters. The van der Waals surface area contributed by atoms with Crippen LogP contribution in [0.2, 0.25) is 0 Å². The van der Waals surface area contributed by atoms with E-state index in [2.05, 4.69) is 10.6 Å². The predicted molar refractivity (Wildman–Crippen MR) is 122 cm³/mol. The van der Waals surface area contributed by atoms with E-state index >= 15 is 0 Å². The van der Waals surface area contributed by atoms with E-state index < -0.39 is 36.0 Å². The van der Waals surface area contributed by atoms with Crippen molar-refractivity contribution in [1.82, 2.24) is 10.6 Å². The van der Waals surface area contributed by atoms with E-state index in [1.54, 1.807) is 31.2 Å². The van der Waals surface area contributed by atoms with Gasteiger partial charge in [0.15, 0.2) is 0 Å². The highest BCUT2D eigenvalue weighted by Crippen LogP contribution is 2.22. The Morgan fingerprint density at radius 1 is 1.09 bits per heavy atom. The maximum Gasteiger partial charge on any atom is 0.243 e. The van der Waals surface area contributed by atoms with E-state index in [1.165, 1.54) is 0 Å². The molecular weight excluding hydrogens is 412 g/mol. The zero-order chi connectivity index (χ0) is 24.3. The predicted octanol–water partition coefficient (Wildman–Crippen LogP) is 0.742. The van der Waals surface area contributed by atoms with Crippen molar-refractivity contribution < 1.29 is 29.7 Å². The van der Waals surface area contributed by atoms with E-state index in [4.69, 9.17) is 5.11 Å². The maximum atomic E-state index is 12.7. The zero-order valence-electron chi connectivity index (χ0n) is 19.2. The minimum atomic E-state index is -1.33. The summed E-state index contributed by atoms with van der Waals surface area (Å²) in [5.41, 5.74) is 1.14. The van der Waals surface area contributed by atoms with Gasteiger partial charge in [0.25, 0.3) is 0 Å². The van der Waals surface area contributed by atoms with Gasteiger partial charge in [-0.2, -0.15) is 0 Å². The van der Waals surface area contributed by atoms with Gasteiger partial charge in [0.2, 0.25) is 11.8 Å². The van der Waals surface area contributed by atoms with Gasteiger partial charge in [-0.05, 0) is 29.9 Å². The third-order valence-electron chi connectivity index (χ3n) is 4.81. The molecule has 4 atom stereocenters. The first-order chi connectivity index (χ1) is 15.0. The molecule has 0 spiro atoms. The van der Waals surface area contributed by atoms with Gasteiger partial charge in [0.05, 0.1) is 18.6 Å². The van der Waals surface area contributed by atoms with Crippen molar-refractivity contribution in [3.05, 3.63) is 47.5 Å². The first-order valence-corrected chi connectivity index (χ1v) is 10.7. The van der Waals surface area contributed by atoms with E-state index in [9.17, 15) is 24.6 Å². The van der Waals surface area contributed by atoms with E-state index in [-0.39, 0.29) is 31.4 Å². The number of carbonyl (C=O) groups excluding carboxylic acids is 3. The number of hydrogen-bond donors (Lipinski definition) is 5. The van der Waals surface area contributed by atoms with Gasteiger partial charge in [-0.3, -0.25) is 9.59 Å². The summed E-state index contributed by atoms with van der Waals surface area (Å²) in [5, 5.41) is 34.8. The van der Waals surface area contributed by atoms with Crippen molar-refractivity contribution in [1.29, 1.82) is 0 Å². The van der Waals surface area contributed by atoms with Crippen LogP contribution in [0.25, 0.3) is 0 Å². The van der Waals surface area contributed by atoms with Crippen LogP contribution in [-0.4, -0.2) is 64.8 Å². The van der Waals surface area contributed by atoms with Crippen molar-refractivity contribution in [3.63, 3.8) is 0 Å². The van der Waals surface area contributed by atoms with Crippen LogP contribution in [0.4, 0.5) is 0 Å². The molecule has 0 heterocycles. The summed E-state index contributed by atoms with van der Waals surface area (Å²) in [6.07, 6.45) is -0.434. The molecule has 0 aromatic heterocycles. The summed E-state index contributed by atoms with van der Waals surface area (Å²) in [4.78, 5) is 36.8. The largest absolute Gasteiger partial charge is 0.395 e. The molecule has 2 amide bonds. The van der Waals surface area contributed by atoms with Gasteiger partial charge >= 0.3 is 0 Å². The molecule has 0 aliphatic carbocycles. The van der Waals surface area contributed by atoms with Crippen LogP contribution < -0.4 is 10.6 Å². The average molecular weight is 449 g/mol.